The Labute approximate surface area is 118 Å². The van der Waals surface area contributed by atoms with Crippen molar-refractivity contribution in [1.29, 1.82) is 0 Å². The van der Waals surface area contributed by atoms with Gasteiger partial charge in [-0.2, -0.15) is 5.10 Å². The summed E-state index contributed by atoms with van der Waals surface area (Å²) in [5.41, 5.74) is 3.70. The van der Waals surface area contributed by atoms with Crippen molar-refractivity contribution < 1.29 is 0 Å². The lowest BCUT2D eigenvalue weighted by Crippen LogP contribution is -2.15. The molecule has 3 rings (SSSR count). The highest BCUT2D eigenvalue weighted by molar-refractivity contribution is 5.35. The molecule has 0 bridgehead atoms. The first kappa shape index (κ1) is 13.0. The summed E-state index contributed by atoms with van der Waals surface area (Å²) in [4.78, 5) is 13.4. The molecule has 20 heavy (non-hydrogen) atoms. The van der Waals surface area contributed by atoms with Gasteiger partial charge >= 0.3 is 0 Å². The Morgan fingerprint density at radius 1 is 1.25 bits per heavy atom. The van der Waals surface area contributed by atoms with E-state index in [2.05, 4.69) is 32.3 Å². The molecule has 1 aliphatic rings. The van der Waals surface area contributed by atoms with E-state index in [0.717, 1.165) is 43.3 Å². The summed E-state index contributed by atoms with van der Waals surface area (Å²) >= 11 is 0. The van der Waals surface area contributed by atoms with Crippen LogP contribution < -0.4 is 5.32 Å². The summed E-state index contributed by atoms with van der Waals surface area (Å²) in [5, 5.41) is 7.36. The van der Waals surface area contributed by atoms with Crippen LogP contribution in [0.1, 0.15) is 35.6 Å². The Balaban J connectivity index is 1.66. The van der Waals surface area contributed by atoms with E-state index in [9.17, 15) is 0 Å². The summed E-state index contributed by atoms with van der Waals surface area (Å²) in [7, 11) is 1.90. The summed E-state index contributed by atoms with van der Waals surface area (Å²) < 4.78 is 1.79. The van der Waals surface area contributed by atoms with Gasteiger partial charge in [0.05, 0.1) is 0 Å². The smallest absolute Gasteiger partial charge is 0.223 e. The molecule has 0 spiro atoms. The van der Waals surface area contributed by atoms with E-state index in [0.29, 0.717) is 0 Å². The van der Waals surface area contributed by atoms with Gasteiger partial charge in [0.1, 0.15) is 12.2 Å². The quantitative estimate of drug-likeness (QED) is 0.912. The highest BCUT2D eigenvalue weighted by Gasteiger charge is 2.15. The third-order valence-electron chi connectivity index (χ3n) is 3.83. The molecule has 1 N–H and O–H groups in total. The predicted molar refractivity (Wildman–Crippen MR) is 76.6 cm³/mol. The molecule has 106 valence electrons. The molecular formula is C14H20N6. The van der Waals surface area contributed by atoms with E-state index < -0.39 is 0 Å². The first-order valence-electron chi connectivity index (χ1n) is 7.17. The predicted octanol–water partition coefficient (Wildman–Crippen LogP) is 1.45. The SMILES string of the molecule is Cc1nc(NCCc2ncnn2C)nc2c1CCCC2. The average Bonchev–Trinajstić information content (AvgIpc) is 2.85. The van der Waals surface area contributed by atoms with E-state index in [1.807, 2.05) is 7.05 Å². The molecule has 0 unspecified atom stereocenters. The van der Waals surface area contributed by atoms with Gasteiger partial charge in [-0.05, 0) is 38.2 Å². The normalized spacial score (nSPS) is 14.1. The van der Waals surface area contributed by atoms with Crippen LogP contribution in [0.3, 0.4) is 0 Å². The number of aromatic nitrogens is 5. The largest absolute Gasteiger partial charge is 0.354 e. The maximum atomic E-state index is 4.65. The molecule has 6 heteroatoms. The van der Waals surface area contributed by atoms with Crippen LogP contribution in [-0.2, 0) is 26.3 Å². The molecule has 0 aromatic carbocycles. The highest BCUT2D eigenvalue weighted by atomic mass is 15.3. The van der Waals surface area contributed by atoms with Crippen molar-refractivity contribution in [2.45, 2.75) is 39.0 Å². The zero-order chi connectivity index (χ0) is 13.9. The minimum Gasteiger partial charge on any atom is -0.354 e. The molecule has 0 saturated heterocycles. The second-order valence-corrected chi connectivity index (χ2v) is 5.24. The Morgan fingerprint density at radius 3 is 2.90 bits per heavy atom. The van der Waals surface area contributed by atoms with Gasteiger partial charge in [-0.15, -0.1) is 0 Å². The molecular weight excluding hydrogens is 252 g/mol. The third kappa shape index (κ3) is 2.64. The van der Waals surface area contributed by atoms with E-state index in [1.54, 1.807) is 11.0 Å². The number of rotatable bonds is 4. The number of hydrogen-bond donors (Lipinski definition) is 1. The highest BCUT2D eigenvalue weighted by Crippen LogP contribution is 2.22. The number of anilines is 1. The average molecular weight is 272 g/mol. The Bertz CT molecular complexity index is 604. The molecule has 0 aliphatic heterocycles. The maximum Gasteiger partial charge on any atom is 0.223 e. The Kier molecular flexibility index (Phi) is 3.62. The van der Waals surface area contributed by atoms with Crippen LogP contribution in [-0.4, -0.2) is 31.3 Å². The number of aryl methyl sites for hydroxylation is 3. The lowest BCUT2D eigenvalue weighted by atomic mass is 9.95. The minimum atomic E-state index is 0.741. The van der Waals surface area contributed by atoms with Gasteiger partial charge in [0.15, 0.2) is 0 Å². The molecule has 0 amide bonds. The maximum absolute atomic E-state index is 4.65. The van der Waals surface area contributed by atoms with Crippen molar-refractivity contribution in [3.63, 3.8) is 0 Å². The van der Waals surface area contributed by atoms with Gasteiger partial charge in [-0.1, -0.05) is 0 Å². The molecule has 0 saturated carbocycles. The monoisotopic (exact) mass is 272 g/mol. The second-order valence-electron chi connectivity index (χ2n) is 5.24. The van der Waals surface area contributed by atoms with E-state index in [4.69, 9.17) is 0 Å². The summed E-state index contributed by atoms with van der Waals surface area (Å²) in [5.74, 6) is 1.71. The lowest BCUT2D eigenvalue weighted by molar-refractivity contribution is 0.656. The minimum absolute atomic E-state index is 0.741. The van der Waals surface area contributed by atoms with Crippen LogP contribution in [0, 0.1) is 6.92 Å². The van der Waals surface area contributed by atoms with Crippen molar-refractivity contribution >= 4 is 5.95 Å². The fourth-order valence-corrected chi connectivity index (χ4v) is 2.69. The van der Waals surface area contributed by atoms with Crippen LogP contribution >= 0.6 is 0 Å². The van der Waals surface area contributed by atoms with Crippen LogP contribution in [0.25, 0.3) is 0 Å². The first-order valence-corrected chi connectivity index (χ1v) is 7.17. The molecule has 6 nitrogen and oxygen atoms in total. The third-order valence-corrected chi connectivity index (χ3v) is 3.83. The first-order chi connectivity index (χ1) is 9.74. The van der Waals surface area contributed by atoms with E-state index in [-0.39, 0.29) is 0 Å². The fourth-order valence-electron chi connectivity index (χ4n) is 2.69. The van der Waals surface area contributed by atoms with Gasteiger partial charge in [0.25, 0.3) is 0 Å². The van der Waals surface area contributed by atoms with Gasteiger partial charge in [-0.3, -0.25) is 4.68 Å². The Hall–Kier alpha value is -1.98. The zero-order valence-corrected chi connectivity index (χ0v) is 12.1. The number of fused-ring (bicyclic) bond motifs is 1. The lowest BCUT2D eigenvalue weighted by Gasteiger charge is -2.17. The van der Waals surface area contributed by atoms with Crippen molar-refractivity contribution in [2.75, 3.05) is 11.9 Å². The molecule has 2 aromatic heterocycles. The van der Waals surface area contributed by atoms with E-state index >= 15 is 0 Å². The van der Waals surface area contributed by atoms with Crippen molar-refractivity contribution in [1.82, 2.24) is 24.7 Å². The number of nitrogens with zero attached hydrogens (tertiary/aromatic N) is 5. The van der Waals surface area contributed by atoms with Gasteiger partial charge < -0.3 is 5.32 Å². The molecule has 0 fully saturated rings. The summed E-state index contributed by atoms with van der Waals surface area (Å²) in [6.07, 6.45) is 7.10. The second kappa shape index (κ2) is 5.56. The van der Waals surface area contributed by atoms with Crippen LogP contribution in [0.4, 0.5) is 5.95 Å². The van der Waals surface area contributed by atoms with Crippen molar-refractivity contribution in [3.05, 3.63) is 29.1 Å². The molecule has 2 aromatic rings. The fraction of sp³-hybridized carbons (Fsp3) is 0.571. The zero-order valence-electron chi connectivity index (χ0n) is 12.1. The molecule has 2 heterocycles. The molecule has 0 radical (unpaired) electrons. The standard InChI is InChI=1S/C14H20N6/c1-10-11-5-3-4-6-12(11)19-14(18-10)15-8-7-13-16-9-17-20(13)2/h9H,3-8H2,1-2H3,(H,15,18,19). The topological polar surface area (TPSA) is 68.5 Å². The van der Waals surface area contributed by atoms with Gasteiger partial charge in [0, 0.05) is 31.4 Å². The van der Waals surface area contributed by atoms with Gasteiger partial charge in [-0.25, -0.2) is 15.0 Å². The molecule has 1 aliphatic carbocycles. The Morgan fingerprint density at radius 2 is 2.10 bits per heavy atom. The van der Waals surface area contributed by atoms with Gasteiger partial charge in [0.2, 0.25) is 5.95 Å². The van der Waals surface area contributed by atoms with Crippen molar-refractivity contribution in [2.24, 2.45) is 7.05 Å². The molecule has 0 atom stereocenters. The number of nitrogens with one attached hydrogen (secondary N) is 1. The summed E-state index contributed by atoms with van der Waals surface area (Å²) in [6.45, 7) is 2.85. The van der Waals surface area contributed by atoms with Crippen LogP contribution in [0.15, 0.2) is 6.33 Å². The van der Waals surface area contributed by atoms with Crippen molar-refractivity contribution in [3.8, 4) is 0 Å². The van der Waals surface area contributed by atoms with Crippen LogP contribution in [0.5, 0.6) is 0 Å². The van der Waals surface area contributed by atoms with Crippen LogP contribution in [0.2, 0.25) is 0 Å². The van der Waals surface area contributed by atoms with E-state index in [1.165, 1.54) is 24.1 Å². The number of hydrogen-bond acceptors (Lipinski definition) is 5. The summed E-state index contributed by atoms with van der Waals surface area (Å²) in [6, 6.07) is 0.